The number of anilines is 3. The molecule has 2 rings (SSSR count). The second-order valence-corrected chi connectivity index (χ2v) is 4.12. The zero-order chi connectivity index (χ0) is 14.0. The predicted octanol–water partition coefficient (Wildman–Crippen LogP) is 2.90. The molecule has 0 atom stereocenters. The third-order valence-electron chi connectivity index (χ3n) is 2.36. The van der Waals surface area contributed by atoms with Gasteiger partial charge in [0.15, 0.2) is 0 Å². The van der Waals surface area contributed by atoms with Crippen LogP contribution in [0.3, 0.4) is 0 Å². The molecule has 1 aromatic carbocycles. The lowest BCUT2D eigenvalue weighted by atomic mass is 10.2. The van der Waals surface area contributed by atoms with E-state index in [1.807, 2.05) is 0 Å². The van der Waals surface area contributed by atoms with E-state index in [9.17, 15) is 9.18 Å². The number of halogens is 2. The summed E-state index contributed by atoms with van der Waals surface area (Å²) in [5.74, 6) is -1.44. The van der Waals surface area contributed by atoms with Crippen LogP contribution in [0.5, 0.6) is 0 Å². The summed E-state index contributed by atoms with van der Waals surface area (Å²) in [5, 5.41) is 12.0. The number of aromatic carboxylic acids is 1. The summed E-state index contributed by atoms with van der Waals surface area (Å²) in [5.41, 5.74) is 5.72. The first-order valence-electron chi connectivity index (χ1n) is 5.18. The molecule has 0 fully saturated rings. The summed E-state index contributed by atoms with van der Waals surface area (Å²) < 4.78 is 13.1. The van der Waals surface area contributed by atoms with E-state index in [1.54, 1.807) is 0 Å². The van der Waals surface area contributed by atoms with Crippen molar-refractivity contribution in [3.05, 3.63) is 46.9 Å². The van der Waals surface area contributed by atoms with E-state index in [1.165, 1.54) is 30.5 Å². The maximum atomic E-state index is 13.1. The van der Waals surface area contributed by atoms with Crippen LogP contribution in [-0.4, -0.2) is 16.1 Å². The van der Waals surface area contributed by atoms with Gasteiger partial charge in [0, 0.05) is 0 Å². The van der Waals surface area contributed by atoms with Crippen molar-refractivity contribution in [2.75, 3.05) is 11.1 Å². The lowest BCUT2D eigenvalue weighted by Crippen LogP contribution is -2.05. The molecule has 2 aromatic rings. The fourth-order valence-electron chi connectivity index (χ4n) is 1.45. The Morgan fingerprint density at radius 1 is 1.42 bits per heavy atom. The molecule has 19 heavy (non-hydrogen) atoms. The molecule has 1 aromatic heterocycles. The fourth-order valence-corrected chi connectivity index (χ4v) is 1.62. The largest absolute Gasteiger partial charge is 0.478 e. The average molecular weight is 282 g/mol. The molecular weight excluding hydrogens is 273 g/mol. The number of nitrogens with zero attached hydrogens (tertiary/aromatic N) is 1. The van der Waals surface area contributed by atoms with Gasteiger partial charge in [0.2, 0.25) is 0 Å². The van der Waals surface area contributed by atoms with Crippen molar-refractivity contribution < 1.29 is 14.3 Å². The Morgan fingerprint density at radius 2 is 2.16 bits per heavy atom. The molecule has 0 bridgehead atoms. The van der Waals surface area contributed by atoms with Crippen LogP contribution in [-0.2, 0) is 0 Å². The van der Waals surface area contributed by atoms with Gasteiger partial charge in [-0.2, -0.15) is 0 Å². The van der Waals surface area contributed by atoms with Gasteiger partial charge >= 0.3 is 5.97 Å². The van der Waals surface area contributed by atoms with Crippen LogP contribution in [0.25, 0.3) is 0 Å². The molecule has 0 unspecified atom stereocenters. The number of nitrogens with two attached hydrogens (primary N) is 1. The molecule has 5 nitrogen and oxygen atoms in total. The third kappa shape index (κ3) is 2.92. The van der Waals surface area contributed by atoms with Gasteiger partial charge in [-0.05, 0) is 24.3 Å². The first kappa shape index (κ1) is 13.1. The Morgan fingerprint density at radius 3 is 2.84 bits per heavy atom. The monoisotopic (exact) mass is 281 g/mol. The van der Waals surface area contributed by atoms with Gasteiger partial charge in [-0.1, -0.05) is 11.6 Å². The number of carboxylic acid groups (broad SMARTS) is 1. The second kappa shape index (κ2) is 5.11. The Labute approximate surface area is 112 Å². The maximum Gasteiger partial charge on any atom is 0.337 e. The van der Waals surface area contributed by atoms with E-state index in [2.05, 4.69) is 10.3 Å². The van der Waals surface area contributed by atoms with E-state index in [4.69, 9.17) is 22.4 Å². The molecule has 0 aliphatic rings. The fraction of sp³-hybridized carbons (Fsp3) is 0. The Bertz CT molecular complexity index is 649. The maximum absolute atomic E-state index is 13.1. The number of aromatic nitrogens is 1. The van der Waals surface area contributed by atoms with Crippen molar-refractivity contribution in [1.82, 2.24) is 4.98 Å². The molecule has 0 aliphatic heterocycles. The van der Waals surface area contributed by atoms with Crippen LogP contribution < -0.4 is 11.1 Å². The average Bonchev–Trinajstić information content (AvgIpc) is 2.36. The summed E-state index contributed by atoms with van der Waals surface area (Å²) >= 11 is 5.88. The quantitative estimate of drug-likeness (QED) is 0.805. The van der Waals surface area contributed by atoms with Gasteiger partial charge in [0.25, 0.3) is 0 Å². The van der Waals surface area contributed by atoms with E-state index < -0.39 is 11.8 Å². The van der Waals surface area contributed by atoms with Gasteiger partial charge in [0.05, 0.1) is 28.2 Å². The second-order valence-electron chi connectivity index (χ2n) is 3.71. The van der Waals surface area contributed by atoms with E-state index in [0.717, 1.165) is 0 Å². The molecule has 0 radical (unpaired) electrons. The SMILES string of the molecule is Nc1cnc(Nc2cc(F)ccc2Cl)cc1C(=O)O. The van der Waals surface area contributed by atoms with E-state index >= 15 is 0 Å². The minimum absolute atomic E-state index is 0.0448. The highest BCUT2D eigenvalue weighted by Gasteiger charge is 2.10. The van der Waals surface area contributed by atoms with Gasteiger partial charge in [0.1, 0.15) is 11.6 Å². The summed E-state index contributed by atoms with van der Waals surface area (Å²) in [4.78, 5) is 14.8. The highest BCUT2D eigenvalue weighted by Crippen LogP contribution is 2.26. The number of benzene rings is 1. The standard InChI is InChI=1S/C12H9ClFN3O2/c13-8-2-1-6(14)3-10(8)17-11-4-7(12(18)19)9(15)5-16-11/h1-5H,15H2,(H,16,17)(H,18,19). The Kier molecular flexibility index (Phi) is 3.52. The lowest BCUT2D eigenvalue weighted by molar-refractivity contribution is 0.0698. The molecule has 0 aliphatic carbocycles. The van der Waals surface area contributed by atoms with Crippen molar-refractivity contribution in [2.45, 2.75) is 0 Å². The van der Waals surface area contributed by atoms with Crippen molar-refractivity contribution >= 4 is 34.8 Å². The molecule has 98 valence electrons. The highest BCUT2D eigenvalue weighted by atomic mass is 35.5. The van der Waals surface area contributed by atoms with Gasteiger partial charge < -0.3 is 16.2 Å². The number of rotatable bonds is 3. The molecule has 4 N–H and O–H groups in total. The van der Waals surface area contributed by atoms with Crippen LogP contribution in [0.1, 0.15) is 10.4 Å². The zero-order valence-electron chi connectivity index (χ0n) is 9.52. The number of hydrogen-bond acceptors (Lipinski definition) is 4. The number of pyridine rings is 1. The van der Waals surface area contributed by atoms with Crippen LogP contribution >= 0.6 is 11.6 Å². The van der Waals surface area contributed by atoms with Crippen molar-refractivity contribution in [2.24, 2.45) is 0 Å². The number of carboxylic acids is 1. The lowest BCUT2D eigenvalue weighted by Gasteiger charge is -2.09. The molecule has 0 amide bonds. The predicted molar refractivity (Wildman–Crippen MR) is 70.3 cm³/mol. The normalized spacial score (nSPS) is 10.2. The summed E-state index contributed by atoms with van der Waals surface area (Å²) in [6.45, 7) is 0. The van der Waals surface area contributed by atoms with Crippen LogP contribution in [0, 0.1) is 5.82 Å². The number of hydrogen-bond donors (Lipinski definition) is 3. The molecule has 0 saturated heterocycles. The third-order valence-corrected chi connectivity index (χ3v) is 2.69. The zero-order valence-corrected chi connectivity index (χ0v) is 10.3. The first-order chi connectivity index (χ1) is 8.97. The summed E-state index contributed by atoms with van der Waals surface area (Å²) in [6.07, 6.45) is 1.21. The van der Waals surface area contributed by atoms with Gasteiger partial charge in [-0.3, -0.25) is 0 Å². The highest BCUT2D eigenvalue weighted by molar-refractivity contribution is 6.33. The Hall–Kier alpha value is -2.34. The van der Waals surface area contributed by atoms with Crippen LogP contribution in [0.15, 0.2) is 30.5 Å². The number of nitrogen functional groups attached to an aromatic ring is 1. The van der Waals surface area contributed by atoms with Crippen LogP contribution in [0.4, 0.5) is 21.6 Å². The van der Waals surface area contributed by atoms with Crippen LogP contribution in [0.2, 0.25) is 5.02 Å². The van der Waals surface area contributed by atoms with Crippen molar-refractivity contribution in [3.63, 3.8) is 0 Å². The number of nitrogens with one attached hydrogen (secondary N) is 1. The molecule has 7 heteroatoms. The van der Waals surface area contributed by atoms with E-state index in [-0.39, 0.29) is 27.8 Å². The molecule has 0 saturated carbocycles. The van der Waals surface area contributed by atoms with Crippen molar-refractivity contribution in [3.8, 4) is 0 Å². The van der Waals surface area contributed by atoms with Gasteiger partial charge in [-0.25, -0.2) is 14.2 Å². The first-order valence-corrected chi connectivity index (χ1v) is 5.56. The topological polar surface area (TPSA) is 88.2 Å². The molecule has 1 heterocycles. The van der Waals surface area contributed by atoms with Crippen molar-refractivity contribution in [1.29, 1.82) is 0 Å². The minimum atomic E-state index is -1.17. The summed E-state index contributed by atoms with van der Waals surface area (Å²) in [6, 6.07) is 5.03. The summed E-state index contributed by atoms with van der Waals surface area (Å²) in [7, 11) is 0. The Balaban J connectivity index is 2.36. The number of carbonyl (C=O) groups is 1. The minimum Gasteiger partial charge on any atom is -0.478 e. The molecular formula is C12H9ClFN3O2. The van der Waals surface area contributed by atoms with Gasteiger partial charge in [-0.15, -0.1) is 0 Å². The molecule has 0 spiro atoms. The van der Waals surface area contributed by atoms with E-state index in [0.29, 0.717) is 0 Å². The smallest absolute Gasteiger partial charge is 0.337 e.